The number of hydrogen-bond donors (Lipinski definition) is 0. The van der Waals surface area contributed by atoms with Crippen LogP contribution in [0.2, 0.25) is 0 Å². The van der Waals surface area contributed by atoms with Gasteiger partial charge in [0.25, 0.3) is 0 Å². The van der Waals surface area contributed by atoms with Crippen molar-refractivity contribution in [3.8, 4) is 0 Å². The highest BCUT2D eigenvalue weighted by Crippen LogP contribution is 3.21. The summed E-state index contributed by atoms with van der Waals surface area (Å²) in [7, 11) is 30.8. The molecule has 10 nitrogen and oxygen atoms in total. The fraction of sp³-hybridized carbons (Fsp3) is 0.613. The predicted molar refractivity (Wildman–Crippen MR) is 310 cm³/mol. The predicted octanol–water partition coefficient (Wildman–Crippen LogP) is 15.1. The molecule has 2 saturated carbocycles. The van der Waals surface area contributed by atoms with Crippen molar-refractivity contribution in [2.75, 3.05) is 6.61 Å². The molecule has 61 heavy (non-hydrogen) atoms. The number of hydrogen-bond acceptors (Lipinski definition) is 10. The van der Waals surface area contributed by atoms with Crippen molar-refractivity contribution in [2.45, 2.75) is 84.4 Å². The first kappa shape index (κ1) is 57.3. The molecule has 0 amide bonds. The molecule has 1 aliphatic heterocycles. The van der Waals surface area contributed by atoms with Crippen molar-refractivity contribution >= 4 is 186 Å². The molecule has 0 aromatic heterocycles. The lowest BCUT2D eigenvalue weighted by molar-refractivity contribution is -0.346. The van der Waals surface area contributed by atoms with Crippen LogP contribution < -0.4 is 0 Å². The van der Waals surface area contributed by atoms with Crippen LogP contribution in [-0.4, -0.2) is 60.3 Å². The number of fused-ring (bicyclic) bond motifs is 5. The summed E-state index contributed by atoms with van der Waals surface area (Å²) in [4.78, 5) is 57.5. The van der Waals surface area contributed by atoms with Gasteiger partial charge in [-0.2, -0.15) is 0 Å². The van der Waals surface area contributed by atoms with Crippen LogP contribution in [0.5, 0.6) is 0 Å². The van der Waals surface area contributed by atoms with Gasteiger partial charge in [-0.05, 0) is 72.0 Å². The lowest BCUT2D eigenvalue weighted by Crippen LogP contribution is -2.80. The summed E-state index contributed by atoms with van der Waals surface area (Å²) in [5.74, 6) is -3.53. The van der Waals surface area contributed by atoms with Crippen LogP contribution in [0.25, 0.3) is 0 Å². The zero-order valence-electron chi connectivity index (χ0n) is 34.5. The molecular weight excluding hydrogens is 1150 g/mol. The van der Waals surface area contributed by atoms with E-state index in [-0.39, 0.29) is 18.8 Å². The minimum atomic E-state index is -1.38. The van der Waals surface area contributed by atoms with Gasteiger partial charge in [0.15, 0.2) is 17.5 Å². The number of ketones is 1. The zero-order valence-corrected chi connectivity index (χ0v) is 55.3. The molecule has 0 spiro atoms. The molecule has 5 rings (SSSR count). The lowest BCUT2D eigenvalue weighted by Gasteiger charge is -2.67. The van der Waals surface area contributed by atoms with Crippen molar-refractivity contribution in [1.29, 1.82) is 0 Å². The molecule has 2 bridgehead atoms. The lowest BCUT2D eigenvalue weighted by atomic mass is 9.45. The second-order valence-electron chi connectivity index (χ2n) is 15.9. The molecule has 30 heteroatoms. The Balaban J connectivity index is 1.83. The molecule has 3 aliphatic carbocycles. The van der Waals surface area contributed by atoms with Gasteiger partial charge in [0.05, 0.1) is 37.6 Å². The second-order valence-corrected chi connectivity index (χ2v) is 87.8. The third kappa shape index (κ3) is 12.2. The Morgan fingerprint density at radius 2 is 1.36 bits per heavy atom. The Morgan fingerprint density at radius 1 is 0.787 bits per heavy atom. The van der Waals surface area contributed by atoms with Gasteiger partial charge in [-0.15, -0.1) is 89.3 Å². The van der Waals surface area contributed by atoms with Crippen LogP contribution in [0.15, 0.2) is 41.7 Å². The molecule has 1 heterocycles. The summed E-state index contributed by atoms with van der Waals surface area (Å²) >= 11 is 0. The van der Waals surface area contributed by atoms with E-state index >= 15 is 4.79 Å². The summed E-state index contributed by atoms with van der Waals surface area (Å²) in [6.45, 7) is 6.80. The van der Waals surface area contributed by atoms with E-state index in [4.69, 9.17) is 28.0 Å². The molecule has 1 aromatic carbocycles. The SMILES string of the molecule is CC(=O)O[C@@H]1C(=O)C2C(C)=C(OP(P)P(P(P)P)P(P(P)P)P(P)P)CC([C@@H](OC(=O)c3ccccc3)C3[C@@]1(C)[C@@H](OP(P(P)P)P(P)P)C[C@H]1OC[C@@]31OC(C)=O)C2(C)C. The number of ether oxygens (including phenoxy) is 4. The van der Waals surface area contributed by atoms with Gasteiger partial charge in [-0.1, -0.05) is 47.9 Å². The largest absolute Gasteiger partial charge is 0.469 e. The standard InChI is InChI=1S/C31H58O10P20/c1-15-20(40-53(42)60(57(47)48)61(58(49)50)59(51)52)12-19-25(38-28(35)18-10-8-7-9-11-18)26-30(6,27(37-16(2)32)24(34)23(15)29(19,4)5)21(41-54(55(43)44)56(45)46)13-22-31(26,14-36-22)39-17(3)33/h7-11,19,21-23,25-27H,12-14,42-52H2,1-6H3/t19?,21-,22+,23?,25+,26?,27+,30+,31-,53?,60?/m0/s1. The first-order valence-corrected chi connectivity index (χ1v) is 53.2. The molecular formula is C31H58O10P20. The van der Waals surface area contributed by atoms with Gasteiger partial charge in [0.1, 0.15) is 25.5 Å². The molecule has 1 aromatic rings. The molecule has 4 aliphatic rings. The highest BCUT2D eigenvalue weighted by Gasteiger charge is 2.77. The van der Waals surface area contributed by atoms with E-state index in [1.54, 1.807) is 24.3 Å². The van der Waals surface area contributed by atoms with Crippen molar-refractivity contribution in [3.05, 3.63) is 47.2 Å². The average Bonchev–Trinajstić information content (AvgIpc) is 3.13. The summed E-state index contributed by atoms with van der Waals surface area (Å²) in [5, 5.41) is 0. The van der Waals surface area contributed by atoms with Crippen LogP contribution in [0, 0.1) is 28.6 Å². The van der Waals surface area contributed by atoms with Crippen molar-refractivity contribution in [1.82, 2.24) is 0 Å². The fourth-order valence-corrected chi connectivity index (χ4v) is 172. The van der Waals surface area contributed by atoms with Gasteiger partial charge in [0, 0.05) is 45.0 Å². The van der Waals surface area contributed by atoms with Crippen LogP contribution in [0.4, 0.5) is 0 Å². The third-order valence-corrected chi connectivity index (χ3v) is 108. The molecule has 0 radical (unpaired) electrons. The van der Waals surface area contributed by atoms with E-state index in [0.717, 1.165) is 5.57 Å². The van der Waals surface area contributed by atoms with Crippen LogP contribution >= 0.6 is 162 Å². The maximum Gasteiger partial charge on any atom is 0.338 e. The van der Waals surface area contributed by atoms with Crippen LogP contribution in [-0.2, 0) is 42.4 Å². The number of Topliss-reactive ketones (excluding diaryl/α,β-unsaturated/α-hetero) is 1. The highest BCUT2D eigenvalue weighted by atomic mass is 33.3. The summed E-state index contributed by atoms with van der Waals surface area (Å²) in [5.41, 5.74) is -2.44. The fourth-order valence-electron chi connectivity index (χ4n) is 9.46. The maximum atomic E-state index is 16.0. The van der Waals surface area contributed by atoms with E-state index in [2.05, 4.69) is 98.2 Å². The molecule has 1 saturated heterocycles. The third-order valence-electron chi connectivity index (χ3n) is 11.8. The number of rotatable bonds is 15. The Kier molecular flexibility index (Phi) is 22.5. The Morgan fingerprint density at radius 3 is 1.84 bits per heavy atom. The second kappa shape index (κ2) is 23.9. The minimum Gasteiger partial charge on any atom is -0.469 e. The van der Waals surface area contributed by atoms with Crippen molar-refractivity contribution in [3.63, 3.8) is 0 Å². The van der Waals surface area contributed by atoms with Gasteiger partial charge >= 0.3 is 17.9 Å². The van der Waals surface area contributed by atoms with Gasteiger partial charge in [-0.25, -0.2) is 4.79 Å². The van der Waals surface area contributed by atoms with Crippen LogP contribution in [0.3, 0.4) is 0 Å². The van der Waals surface area contributed by atoms with E-state index in [9.17, 15) is 14.4 Å². The van der Waals surface area contributed by atoms with Crippen LogP contribution in [0.1, 0.15) is 64.7 Å². The summed E-state index contributed by atoms with van der Waals surface area (Å²) < 4.78 is 40.7. The van der Waals surface area contributed by atoms with Crippen molar-refractivity contribution < 1.29 is 47.2 Å². The molecule has 342 valence electrons. The molecule has 16 unspecified atom stereocenters. The molecule has 22 atom stereocenters. The van der Waals surface area contributed by atoms with Crippen molar-refractivity contribution in [2.24, 2.45) is 28.6 Å². The average molecular weight is 1210 g/mol. The first-order chi connectivity index (χ1) is 28.3. The highest BCUT2D eigenvalue weighted by molar-refractivity contribution is 9.24. The number of carbonyl (C=O) groups is 4. The number of allylic oxidation sites excluding steroid dienone is 2. The number of esters is 3. The topological polar surface area (TPSA) is 124 Å². The Hall–Kier alpha value is 5.36. The molecule has 3 fully saturated rings. The van der Waals surface area contributed by atoms with E-state index in [1.165, 1.54) is 13.8 Å². The monoisotopic (exact) mass is 1210 g/mol. The van der Waals surface area contributed by atoms with E-state index < -0.39 is 140 Å². The number of benzene rings is 1. The van der Waals surface area contributed by atoms with E-state index in [0.29, 0.717) is 17.7 Å². The smallest absolute Gasteiger partial charge is 0.338 e. The Labute approximate surface area is 397 Å². The van der Waals surface area contributed by atoms with E-state index in [1.807, 2.05) is 33.8 Å². The normalized spacial score (nSPS) is 32.0. The summed E-state index contributed by atoms with van der Waals surface area (Å²) in [6.07, 6.45) is -3.12. The quantitative estimate of drug-likeness (QED) is 0.0952. The van der Waals surface area contributed by atoms with Gasteiger partial charge in [0.2, 0.25) is 0 Å². The summed E-state index contributed by atoms with van der Waals surface area (Å²) in [6, 6.07) is 8.84. The molecule has 0 N–H and O–H groups in total. The Bertz CT molecular complexity index is 1810. The first-order valence-electron chi connectivity index (χ1n) is 18.6. The number of carbonyl (C=O) groups excluding carboxylic acids is 4. The van der Waals surface area contributed by atoms with Gasteiger partial charge < -0.3 is 28.0 Å². The van der Waals surface area contributed by atoms with Gasteiger partial charge in [-0.3, -0.25) is 14.4 Å². The zero-order chi connectivity index (χ0) is 45.7. The maximum absolute atomic E-state index is 16.0. The minimum absolute atomic E-state index is 0.00476.